The maximum absolute atomic E-state index is 13.8. The van der Waals surface area contributed by atoms with Crippen molar-refractivity contribution < 1.29 is 14.6 Å². The predicted molar refractivity (Wildman–Crippen MR) is 109 cm³/mol. The van der Waals surface area contributed by atoms with Crippen LogP contribution >= 0.6 is 0 Å². The van der Waals surface area contributed by atoms with Gasteiger partial charge < -0.3 is 9.84 Å². The van der Waals surface area contributed by atoms with Crippen LogP contribution < -0.4 is 0 Å². The number of carbonyl (C=O) groups is 1. The standard InChI is InChI=1S/C25H38O3/c1-14(2)11-23(6,22(3,4)5)21(26)28-25-13-16-7-17-19(25)9-15-10-20(25)18(8-16)24(17,27)12-15/h11,15-20,27H,7-10,12-13H2,1-6H3. The van der Waals surface area contributed by atoms with Gasteiger partial charge in [-0.3, -0.25) is 4.79 Å². The number of hydrogen-bond acceptors (Lipinski definition) is 3. The lowest BCUT2D eigenvalue weighted by Gasteiger charge is -2.76. The topological polar surface area (TPSA) is 46.5 Å². The molecule has 0 aromatic rings. The fraction of sp³-hybridized carbons (Fsp3) is 0.880. The van der Waals surface area contributed by atoms with Crippen molar-refractivity contribution in [3.05, 3.63) is 11.6 Å². The third-order valence-corrected chi connectivity index (χ3v) is 9.93. The molecule has 28 heavy (non-hydrogen) atoms. The Morgan fingerprint density at radius 2 is 1.43 bits per heavy atom. The van der Waals surface area contributed by atoms with E-state index in [0.717, 1.165) is 44.1 Å². The fourth-order valence-corrected chi connectivity index (χ4v) is 8.50. The molecule has 0 aromatic carbocycles. The van der Waals surface area contributed by atoms with E-state index < -0.39 is 11.0 Å². The average molecular weight is 387 g/mol. The van der Waals surface area contributed by atoms with Crippen LogP contribution in [0.25, 0.3) is 0 Å². The zero-order valence-corrected chi connectivity index (χ0v) is 18.5. The van der Waals surface area contributed by atoms with Gasteiger partial charge in [0.2, 0.25) is 0 Å². The van der Waals surface area contributed by atoms with Crippen LogP contribution in [0.4, 0.5) is 0 Å². The zero-order chi connectivity index (χ0) is 20.3. The zero-order valence-electron chi connectivity index (χ0n) is 18.5. The van der Waals surface area contributed by atoms with Crippen LogP contribution in [0, 0.1) is 46.3 Å². The van der Waals surface area contributed by atoms with Crippen LogP contribution in [0.15, 0.2) is 11.6 Å². The number of carbonyl (C=O) groups excluding carboxylic acids is 1. The van der Waals surface area contributed by atoms with Gasteiger partial charge in [-0.1, -0.05) is 32.4 Å². The minimum Gasteiger partial charge on any atom is -0.458 e. The number of ether oxygens (including phenoxy) is 1. The van der Waals surface area contributed by atoms with Gasteiger partial charge in [-0.25, -0.2) is 0 Å². The predicted octanol–water partition coefficient (Wildman–Crippen LogP) is 5.12. The Morgan fingerprint density at radius 1 is 0.929 bits per heavy atom. The van der Waals surface area contributed by atoms with Crippen LogP contribution in [0.2, 0.25) is 0 Å². The molecule has 0 saturated heterocycles. The van der Waals surface area contributed by atoms with Gasteiger partial charge in [0.05, 0.1) is 11.0 Å². The maximum atomic E-state index is 13.8. The first-order valence-corrected chi connectivity index (χ1v) is 11.5. The molecule has 7 saturated carbocycles. The van der Waals surface area contributed by atoms with Crippen molar-refractivity contribution in [2.24, 2.45) is 46.3 Å². The third kappa shape index (κ3) is 2.18. The lowest BCUT2D eigenvalue weighted by atomic mass is 9.32. The molecule has 0 aliphatic heterocycles. The van der Waals surface area contributed by atoms with Gasteiger partial charge in [-0.15, -0.1) is 0 Å². The Balaban J connectivity index is 1.54. The first-order valence-electron chi connectivity index (χ1n) is 11.5. The summed E-state index contributed by atoms with van der Waals surface area (Å²) in [6, 6.07) is 0. The molecule has 0 amide bonds. The van der Waals surface area contributed by atoms with Gasteiger partial charge in [-0.2, -0.15) is 0 Å². The van der Waals surface area contributed by atoms with E-state index in [-0.39, 0.29) is 17.0 Å². The molecule has 3 nitrogen and oxygen atoms in total. The molecular formula is C25H38O3. The van der Waals surface area contributed by atoms with Gasteiger partial charge in [-0.05, 0) is 88.4 Å². The summed E-state index contributed by atoms with van der Waals surface area (Å²) in [6.45, 7) is 12.6. The highest BCUT2D eigenvalue weighted by Crippen LogP contribution is 2.75. The van der Waals surface area contributed by atoms with Crippen LogP contribution in [0.5, 0.6) is 0 Å². The normalized spacial score (nSPS) is 49.8. The Hall–Kier alpha value is -0.830. The minimum absolute atomic E-state index is 0.0410. The molecule has 1 N–H and O–H groups in total. The van der Waals surface area contributed by atoms with E-state index >= 15 is 0 Å². The van der Waals surface area contributed by atoms with E-state index in [0.29, 0.717) is 35.5 Å². The summed E-state index contributed by atoms with van der Waals surface area (Å²) in [6.07, 6.45) is 8.79. The molecule has 156 valence electrons. The second-order valence-corrected chi connectivity index (χ2v) is 12.5. The highest BCUT2D eigenvalue weighted by atomic mass is 16.6. The quantitative estimate of drug-likeness (QED) is 0.541. The van der Waals surface area contributed by atoms with Crippen molar-refractivity contribution in [1.82, 2.24) is 0 Å². The number of rotatable bonds is 3. The van der Waals surface area contributed by atoms with Crippen molar-refractivity contribution >= 4 is 5.97 Å². The SMILES string of the molecule is CC(C)=CC(C)(C(=O)OC12CC3CC4C1CC1CC2C(C3)C4(O)C1)C(C)(C)C. The highest BCUT2D eigenvalue weighted by Gasteiger charge is 2.76. The van der Waals surface area contributed by atoms with Crippen molar-refractivity contribution in [2.45, 2.75) is 91.3 Å². The van der Waals surface area contributed by atoms with Crippen molar-refractivity contribution in [3.8, 4) is 0 Å². The van der Waals surface area contributed by atoms with Crippen LogP contribution in [-0.2, 0) is 9.53 Å². The first kappa shape index (κ1) is 19.2. The minimum atomic E-state index is -0.636. The molecule has 7 rings (SSSR count). The monoisotopic (exact) mass is 386 g/mol. The van der Waals surface area contributed by atoms with Gasteiger partial charge in [0.25, 0.3) is 0 Å². The first-order chi connectivity index (χ1) is 12.9. The van der Waals surface area contributed by atoms with Gasteiger partial charge in [0.15, 0.2) is 0 Å². The summed E-state index contributed by atoms with van der Waals surface area (Å²) in [5, 5.41) is 11.6. The number of aliphatic hydroxyl groups is 1. The third-order valence-electron chi connectivity index (χ3n) is 9.93. The molecule has 5 unspecified atom stereocenters. The molecule has 7 aliphatic carbocycles. The lowest BCUT2D eigenvalue weighted by Crippen LogP contribution is -2.78. The van der Waals surface area contributed by atoms with Crippen molar-refractivity contribution in [3.63, 3.8) is 0 Å². The van der Waals surface area contributed by atoms with Crippen LogP contribution in [0.1, 0.15) is 80.1 Å². The van der Waals surface area contributed by atoms with E-state index in [1.54, 1.807) is 0 Å². The van der Waals surface area contributed by atoms with E-state index in [2.05, 4.69) is 47.6 Å². The van der Waals surface area contributed by atoms with Gasteiger partial charge in [0.1, 0.15) is 5.60 Å². The molecule has 0 aromatic heterocycles. The number of hydrogen-bond donors (Lipinski definition) is 1. The van der Waals surface area contributed by atoms with Crippen LogP contribution in [-0.4, -0.2) is 22.3 Å². The molecule has 5 atom stereocenters. The second-order valence-electron chi connectivity index (χ2n) is 12.5. The molecule has 7 fully saturated rings. The summed E-state index contributed by atoms with van der Waals surface area (Å²) in [4.78, 5) is 13.8. The molecular weight excluding hydrogens is 348 g/mol. The average Bonchev–Trinajstić information content (AvgIpc) is 2.57. The number of esters is 1. The summed E-state index contributed by atoms with van der Waals surface area (Å²) in [5.74, 6) is 2.70. The van der Waals surface area contributed by atoms with Gasteiger partial charge >= 0.3 is 5.97 Å². The van der Waals surface area contributed by atoms with E-state index in [1.165, 1.54) is 0 Å². The smallest absolute Gasteiger partial charge is 0.316 e. The molecule has 7 aliphatic rings. The summed E-state index contributed by atoms with van der Waals surface area (Å²) in [7, 11) is 0. The summed E-state index contributed by atoms with van der Waals surface area (Å²) >= 11 is 0. The largest absolute Gasteiger partial charge is 0.458 e. The van der Waals surface area contributed by atoms with Crippen LogP contribution in [0.3, 0.4) is 0 Å². The Labute approximate surface area is 170 Å². The Morgan fingerprint density at radius 3 is 1.93 bits per heavy atom. The van der Waals surface area contributed by atoms with Gasteiger partial charge in [0, 0.05) is 11.8 Å². The lowest BCUT2D eigenvalue weighted by molar-refractivity contribution is -0.345. The molecule has 3 heteroatoms. The van der Waals surface area contributed by atoms with Crippen molar-refractivity contribution in [2.75, 3.05) is 0 Å². The van der Waals surface area contributed by atoms with E-state index in [4.69, 9.17) is 4.74 Å². The maximum Gasteiger partial charge on any atom is 0.316 e. The molecule has 0 heterocycles. The second kappa shape index (κ2) is 5.45. The van der Waals surface area contributed by atoms with E-state index in [9.17, 15) is 9.90 Å². The Bertz CT molecular complexity index is 715. The molecule has 8 bridgehead atoms. The molecule has 0 radical (unpaired) electrons. The number of allylic oxidation sites excluding steroid dienone is 1. The molecule has 0 spiro atoms. The fourth-order valence-electron chi connectivity index (χ4n) is 8.50. The van der Waals surface area contributed by atoms with Crippen molar-refractivity contribution in [1.29, 1.82) is 0 Å². The summed E-state index contributed by atoms with van der Waals surface area (Å²) in [5.41, 5.74) is -0.451. The highest BCUT2D eigenvalue weighted by molar-refractivity contribution is 5.80. The van der Waals surface area contributed by atoms with E-state index in [1.807, 2.05) is 0 Å². The Kier molecular flexibility index (Phi) is 3.73. The summed E-state index contributed by atoms with van der Waals surface area (Å²) < 4.78 is 6.73.